The molecule has 0 heterocycles. The average molecular weight is 326 g/mol. The first-order valence-electron chi connectivity index (χ1n) is 7.19. The Balaban J connectivity index is 2.01. The van der Waals surface area contributed by atoms with Gasteiger partial charge in [0.25, 0.3) is 0 Å². The molecule has 19 heavy (non-hydrogen) atoms. The van der Waals surface area contributed by atoms with Crippen LogP contribution in [0.15, 0.2) is 22.7 Å². The minimum Gasteiger partial charge on any atom is -0.490 e. The monoisotopic (exact) mass is 325 g/mol. The maximum absolute atomic E-state index is 6.17. The molecule has 1 N–H and O–H groups in total. The molecule has 0 saturated heterocycles. The number of nitrogens with one attached hydrogen (secondary N) is 1. The molecule has 0 aliphatic heterocycles. The van der Waals surface area contributed by atoms with Crippen LogP contribution in [0.5, 0.6) is 5.75 Å². The van der Waals surface area contributed by atoms with Crippen molar-refractivity contribution in [2.24, 2.45) is 11.8 Å². The fraction of sp³-hybridized carbons (Fsp3) is 0.625. The Hall–Kier alpha value is -0.540. The molecule has 106 valence electrons. The van der Waals surface area contributed by atoms with Gasteiger partial charge in [0.15, 0.2) is 0 Å². The Kier molecular flexibility index (Phi) is 5.28. The first kappa shape index (κ1) is 14.9. The summed E-state index contributed by atoms with van der Waals surface area (Å²) < 4.78 is 7.31. The van der Waals surface area contributed by atoms with Crippen LogP contribution in [-0.2, 0) is 6.54 Å². The molecule has 2 rings (SSSR count). The lowest BCUT2D eigenvalue weighted by atomic mass is 9.80. The molecule has 2 nitrogen and oxygen atoms in total. The highest BCUT2D eigenvalue weighted by molar-refractivity contribution is 9.10. The number of benzene rings is 1. The lowest BCUT2D eigenvalue weighted by Gasteiger charge is -2.32. The summed E-state index contributed by atoms with van der Waals surface area (Å²) in [5, 5.41) is 3.18. The van der Waals surface area contributed by atoms with Crippen LogP contribution in [0.25, 0.3) is 0 Å². The lowest BCUT2D eigenvalue weighted by Crippen LogP contribution is -2.28. The molecule has 0 aromatic heterocycles. The molecule has 1 aromatic carbocycles. The molecular formula is C16H24BrNO. The quantitative estimate of drug-likeness (QED) is 0.887. The average Bonchev–Trinajstić information content (AvgIpc) is 2.38. The SMILES string of the molecule is CNCc1cc(OC2CCC(C)C(C)C2)ccc1Br. The lowest BCUT2D eigenvalue weighted by molar-refractivity contribution is 0.101. The molecule has 1 aliphatic rings. The zero-order valence-electron chi connectivity index (χ0n) is 12.1. The Morgan fingerprint density at radius 3 is 2.74 bits per heavy atom. The van der Waals surface area contributed by atoms with Crippen LogP contribution in [0.2, 0.25) is 0 Å². The highest BCUT2D eigenvalue weighted by Gasteiger charge is 2.25. The van der Waals surface area contributed by atoms with Gasteiger partial charge in [0.1, 0.15) is 5.75 Å². The second-order valence-electron chi connectivity index (χ2n) is 5.79. The molecule has 1 aliphatic carbocycles. The van der Waals surface area contributed by atoms with Crippen molar-refractivity contribution in [1.29, 1.82) is 0 Å². The summed E-state index contributed by atoms with van der Waals surface area (Å²) >= 11 is 3.58. The minimum atomic E-state index is 0.384. The van der Waals surface area contributed by atoms with E-state index in [-0.39, 0.29) is 0 Å². The number of halogens is 1. The Morgan fingerprint density at radius 1 is 1.26 bits per heavy atom. The van der Waals surface area contributed by atoms with E-state index >= 15 is 0 Å². The van der Waals surface area contributed by atoms with E-state index in [1.165, 1.54) is 24.8 Å². The maximum atomic E-state index is 6.17. The maximum Gasteiger partial charge on any atom is 0.120 e. The smallest absolute Gasteiger partial charge is 0.120 e. The van der Waals surface area contributed by atoms with Crippen molar-refractivity contribution >= 4 is 15.9 Å². The van der Waals surface area contributed by atoms with Crippen molar-refractivity contribution in [2.45, 2.75) is 45.8 Å². The molecule has 0 bridgehead atoms. The van der Waals surface area contributed by atoms with Gasteiger partial charge in [-0.25, -0.2) is 0 Å². The predicted octanol–water partition coefficient (Wildman–Crippen LogP) is 4.37. The summed E-state index contributed by atoms with van der Waals surface area (Å²) in [5.74, 6) is 2.61. The van der Waals surface area contributed by atoms with Crippen LogP contribution >= 0.6 is 15.9 Å². The van der Waals surface area contributed by atoms with E-state index in [2.05, 4.69) is 53.3 Å². The summed E-state index contributed by atoms with van der Waals surface area (Å²) in [6.45, 7) is 5.55. The number of hydrogen-bond acceptors (Lipinski definition) is 2. The van der Waals surface area contributed by atoms with Crippen molar-refractivity contribution in [3.63, 3.8) is 0 Å². The third-order valence-electron chi connectivity index (χ3n) is 4.24. The van der Waals surface area contributed by atoms with E-state index in [4.69, 9.17) is 4.74 Å². The number of hydrogen-bond donors (Lipinski definition) is 1. The summed E-state index contributed by atoms with van der Waals surface area (Å²) in [5.41, 5.74) is 1.25. The van der Waals surface area contributed by atoms with Crippen LogP contribution < -0.4 is 10.1 Å². The van der Waals surface area contributed by atoms with Gasteiger partial charge in [0, 0.05) is 11.0 Å². The largest absolute Gasteiger partial charge is 0.490 e. The molecule has 1 saturated carbocycles. The minimum absolute atomic E-state index is 0.384. The fourth-order valence-electron chi connectivity index (χ4n) is 2.75. The zero-order valence-corrected chi connectivity index (χ0v) is 13.7. The second kappa shape index (κ2) is 6.76. The van der Waals surface area contributed by atoms with Crippen molar-refractivity contribution in [3.8, 4) is 5.75 Å². The van der Waals surface area contributed by atoms with Crippen molar-refractivity contribution in [3.05, 3.63) is 28.2 Å². The van der Waals surface area contributed by atoms with Gasteiger partial charge < -0.3 is 10.1 Å². The summed E-state index contributed by atoms with van der Waals surface area (Å²) in [4.78, 5) is 0. The van der Waals surface area contributed by atoms with Gasteiger partial charge in [0.05, 0.1) is 6.10 Å². The topological polar surface area (TPSA) is 21.3 Å². The first-order valence-corrected chi connectivity index (χ1v) is 7.99. The van der Waals surface area contributed by atoms with Gasteiger partial charge in [-0.3, -0.25) is 0 Å². The summed E-state index contributed by atoms with van der Waals surface area (Å²) in [6.07, 6.45) is 4.03. The molecule has 3 atom stereocenters. The number of rotatable bonds is 4. The van der Waals surface area contributed by atoms with E-state index in [0.29, 0.717) is 6.10 Å². The third kappa shape index (κ3) is 3.96. The van der Waals surface area contributed by atoms with Gasteiger partial charge in [-0.15, -0.1) is 0 Å². The Morgan fingerprint density at radius 2 is 2.05 bits per heavy atom. The van der Waals surface area contributed by atoms with Crippen LogP contribution in [0, 0.1) is 11.8 Å². The highest BCUT2D eigenvalue weighted by atomic mass is 79.9. The molecule has 0 spiro atoms. The van der Waals surface area contributed by atoms with Crippen LogP contribution in [-0.4, -0.2) is 13.2 Å². The molecule has 1 aromatic rings. The van der Waals surface area contributed by atoms with E-state index in [0.717, 1.165) is 28.6 Å². The number of ether oxygens (including phenoxy) is 1. The van der Waals surface area contributed by atoms with E-state index in [1.807, 2.05) is 7.05 Å². The molecular weight excluding hydrogens is 302 g/mol. The van der Waals surface area contributed by atoms with Crippen molar-refractivity contribution in [1.82, 2.24) is 5.32 Å². The normalized spacial score (nSPS) is 27.3. The molecule has 3 unspecified atom stereocenters. The highest BCUT2D eigenvalue weighted by Crippen LogP contribution is 2.32. The molecule has 1 fully saturated rings. The van der Waals surface area contributed by atoms with Gasteiger partial charge in [0.2, 0.25) is 0 Å². The zero-order chi connectivity index (χ0) is 13.8. The second-order valence-corrected chi connectivity index (χ2v) is 6.65. The van der Waals surface area contributed by atoms with E-state index in [1.54, 1.807) is 0 Å². The first-order chi connectivity index (χ1) is 9.10. The van der Waals surface area contributed by atoms with Crippen LogP contribution in [0.1, 0.15) is 38.7 Å². The van der Waals surface area contributed by atoms with Gasteiger partial charge in [-0.2, -0.15) is 0 Å². The molecule has 0 amide bonds. The Bertz CT molecular complexity index is 421. The van der Waals surface area contributed by atoms with Gasteiger partial charge >= 0.3 is 0 Å². The summed E-state index contributed by atoms with van der Waals surface area (Å²) in [7, 11) is 1.96. The molecule has 3 heteroatoms. The van der Waals surface area contributed by atoms with Gasteiger partial charge in [-0.1, -0.05) is 29.8 Å². The predicted molar refractivity (Wildman–Crippen MR) is 83.5 cm³/mol. The fourth-order valence-corrected chi connectivity index (χ4v) is 3.13. The standard InChI is InChI=1S/C16H24BrNO/c1-11-4-5-14(8-12(11)2)19-15-6-7-16(17)13(9-15)10-18-3/h6-7,9,11-12,14,18H,4-5,8,10H2,1-3H3. The molecule has 0 radical (unpaired) electrons. The van der Waals surface area contributed by atoms with Crippen LogP contribution in [0.3, 0.4) is 0 Å². The summed E-state index contributed by atoms with van der Waals surface area (Å²) in [6, 6.07) is 6.28. The third-order valence-corrected chi connectivity index (χ3v) is 5.01. The van der Waals surface area contributed by atoms with Crippen molar-refractivity contribution < 1.29 is 4.74 Å². The Labute approximate surface area is 125 Å². The van der Waals surface area contributed by atoms with E-state index in [9.17, 15) is 0 Å². The van der Waals surface area contributed by atoms with E-state index < -0.39 is 0 Å². The van der Waals surface area contributed by atoms with Gasteiger partial charge in [-0.05, 0) is 61.9 Å². The van der Waals surface area contributed by atoms with Crippen LogP contribution in [0.4, 0.5) is 0 Å². The van der Waals surface area contributed by atoms with Crippen molar-refractivity contribution in [2.75, 3.05) is 7.05 Å².